The smallest absolute Gasteiger partial charge is 0.378 e. The quantitative estimate of drug-likeness (QED) is 0.806. The Kier molecular flexibility index (Phi) is 6.15. The van der Waals surface area contributed by atoms with Crippen LogP contribution in [0.15, 0.2) is 29.6 Å². The summed E-state index contributed by atoms with van der Waals surface area (Å²) in [6, 6.07) is 3.67. The monoisotopic (exact) mass is 414 g/mol. The summed E-state index contributed by atoms with van der Waals surface area (Å²) in [5.41, 5.74) is -0.534. The van der Waals surface area contributed by atoms with Crippen LogP contribution < -0.4 is 10.6 Å². The Morgan fingerprint density at radius 3 is 2.71 bits per heavy atom. The number of carbonyl (C=O) groups is 2. The van der Waals surface area contributed by atoms with Crippen molar-refractivity contribution in [3.8, 4) is 0 Å². The fourth-order valence-corrected chi connectivity index (χ4v) is 3.23. The van der Waals surface area contributed by atoms with Crippen molar-refractivity contribution in [3.05, 3.63) is 45.9 Å². The number of nitrogens with zero attached hydrogens (tertiary/aromatic N) is 2. The minimum absolute atomic E-state index is 0.0228. The molecule has 0 spiro atoms. The number of aromatic nitrogens is 1. The highest BCUT2D eigenvalue weighted by atomic mass is 32.1. The van der Waals surface area contributed by atoms with Gasteiger partial charge in [0.1, 0.15) is 10.7 Å². The molecule has 28 heavy (non-hydrogen) atoms. The van der Waals surface area contributed by atoms with Gasteiger partial charge in [-0.05, 0) is 18.2 Å². The molecule has 1 aliphatic heterocycles. The maximum atomic E-state index is 12.7. The number of benzene rings is 1. The van der Waals surface area contributed by atoms with Crippen molar-refractivity contribution in [2.75, 3.05) is 31.6 Å². The molecule has 11 heteroatoms. The Hall–Kier alpha value is -2.66. The third-order valence-corrected chi connectivity index (χ3v) is 4.77. The minimum Gasteiger partial charge on any atom is -0.378 e. The van der Waals surface area contributed by atoms with Gasteiger partial charge in [0.15, 0.2) is 0 Å². The second-order valence-corrected chi connectivity index (χ2v) is 6.86. The molecule has 1 aromatic heterocycles. The third kappa shape index (κ3) is 5.20. The molecule has 0 saturated carbocycles. The van der Waals surface area contributed by atoms with Crippen molar-refractivity contribution in [2.45, 2.75) is 12.7 Å². The molecule has 2 heterocycles. The molecule has 3 amide bonds. The predicted octanol–water partition coefficient (Wildman–Crippen LogP) is 2.96. The van der Waals surface area contributed by atoms with Crippen LogP contribution in [0.2, 0.25) is 0 Å². The van der Waals surface area contributed by atoms with E-state index in [9.17, 15) is 22.8 Å². The lowest BCUT2D eigenvalue weighted by Gasteiger charge is -2.25. The zero-order valence-electron chi connectivity index (χ0n) is 14.6. The summed E-state index contributed by atoms with van der Waals surface area (Å²) in [7, 11) is 0. The molecule has 1 aliphatic rings. The van der Waals surface area contributed by atoms with E-state index in [-0.39, 0.29) is 18.1 Å². The van der Waals surface area contributed by atoms with E-state index in [2.05, 4.69) is 15.6 Å². The van der Waals surface area contributed by atoms with E-state index in [1.165, 1.54) is 23.5 Å². The molecule has 1 fully saturated rings. The fraction of sp³-hybridized carbons (Fsp3) is 0.353. The van der Waals surface area contributed by atoms with Crippen LogP contribution in [0.4, 0.5) is 23.7 Å². The van der Waals surface area contributed by atoms with Crippen molar-refractivity contribution in [2.24, 2.45) is 0 Å². The first-order valence-corrected chi connectivity index (χ1v) is 9.24. The highest BCUT2D eigenvalue weighted by Crippen LogP contribution is 2.30. The fourth-order valence-electron chi connectivity index (χ4n) is 2.52. The molecular weight excluding hydrogens is 397 g/mol. The number of hydrogen-bond acceptors (Lipinski definition) is 5. The third-order valence-electron chi connectivity index (χ3n) is 3.92. The van der Waals surface area contributed by atoms with Crippen molar-refractivity contribution < 1.29 is 27.5 Å². The first-order chi connectivity index (χ1) is 13.3. The second-order valence-electron chi connectivity index (χ2n) is 5.92. The minimum atomic E-state index is -4.49. The van der Waals surface area contributed by atoms with E-state index in [1.807, 2.05) is 0 Å². The number of hydrogen-bond donors (Lipinski definition) is 2. The summed E-state index contributed by atoms with van der Waals surface area (Å²) in [5, 5.41) is 6.97. The van der Waals surface area contributed by atoms with Crippen molar-refractivity contribution in [3.63, 3.8) is 0 Å². The van der Waals surface area contributed by atoms with Crippen molar-refractivity contribution in [1.29, 1.82) is 0 Å². The van der Waals surface area contributed by atoms with Gasteiger partial charge in [-0.15, -0.1) is 11.3 Å². The number of nitrogens with one attached hydrogen (secondary N) is 2. The average molecular weight is 414 g/mol. The Morgan fingerprint density at radius 1 is 1.25 bits per heavy atom. The van der Waals surface area contributed by atoms with Gasteiger partial charge in [0, 0.05) is 24.2 Å². The van der Waals surface area contributed by atoms with Crippen LogP contribution in [0, 0.1) is 0 Å². The Morgan fingerprint density at radius 2 is 2.00 bits per heavy atom. The zero-order chi connectivity index (χ0) is 20.1. The van der Waals surface area contributed by atoms with E-state index in [0.717, 1.165) is 12.1 Å². The Labute approximate surface area is 162 Å². The maximum absolute atomic E-state index is 12.7. The van der Waals surface area contributed by atoms with E-state index < -0.39 is 17.8 Å². The molecule has 2 N–H and O–H groups in total. The van der Waals surface area contributed by atoms with Crippen LogP contribution in [0.3, 0.4) is 0 Å². The van der Waals surface area contributed by atoms with Crippen LogP contribution in [0.5, 0.6) is 0 Å². The lowest BCUT2D eigenvalue weighted by molar-refractivity contribution is -0.137. The highest BCUT2D eigenvalue weighted by Gasteiger charge is 2.30. The SMILES string of the molecule is O=C(NCc1nc(C(=O)N2CCOCC2)cs1)Nc1cccc(C(F)(F)F)c1. The van der Waals surface area contributed by atoms with Crippen LogP contribution >= 0.6 is 11.3 Å². The number of urea groups is 1. The van der Waals surface area contributed by atoms with Gasteiger partial charge in [0.05, 0.1) is 25.3 Å². The van der Waals surface area contributed by atoms with Crippen LogP contribution in [0.25, 0.3) is 0 Å². The molecular formula is C17H17F3N4O3S. The summed E-state index contributed by atoms with van der Waals surface area (Å²) < 4.78 is 43.3. The number of alkyl halides is 3. The molecule has 3 rings (SSSR count). The standard InChI is InChI=1S/C17H17F3N4O3S/c18-17(19,20)11-2-1-3-12(8-11)22-16(26)21-9-14-23-13(10-28-14)15(25)24-4-6-27-7-5-24/h1-3,8,10H,4-7,9H2,(H2,21,22,26). The molecule has 7 nitrogen and oxygen atoms in total. The van der Waals surface area contributed by atoms with Crippen molar-refractivity contribution in [1.82, 2.24) is 15.2 Å². The van der Waals surface area contributed by atoms with Crippen LogP contribution in [-0.2, 0) is 17.5 Å². The molecule has 0 unspecified atom stereocenters. The van der Waals surface area contributed by atoms with Crippen LogP contribution in [0.1, 0.15) is 21.1 Å². The number of thiazole rings is 1. The number of rotatable bonds is 4. The summed E-state index contributed by atoms with van der Waals surface area (Å²) in [4.78, 5) is 30.1. The number of ether oxygens (including phenoxy) is 1. The molecule has 0 bridgehead atoms. The van der Waals surface area contributed by atoms with Gasteiger partial charge in [0.25, 0.3) is 5.91 Å². The number of carbonyl (C=O) groups excluding carboxylic acids is 2. The lowest BCUT2D eigenvalue weighted by Crippen LogP contribution is -2.40. The number of halogens is 3. The summed E-state index contributed by atoms with van der Waals surface area (Å²) >= 11 is 1.21. The van der Waals surface area contributed by atoms with Crippen LogP contribution in [-0.4, -0.2) is 48.1 Å². The predicted molar refractivity (Wildman–Crippen MR) is 96.1 cm³/mol. The number of morpholine rings is 1. The summed E-state index contributed by atoms with van der Waals surface area (Å²) in [6.45, 7) is 2.03. The van der Waals surface area contributed by atoms with Crippen molar-refractivity contribution >= 4 is 29.0 Å². The van der Waals surface area contributed by atoms with Gasteiger partial charge in [-0.25, -0.2) is 9.78 Å². The van der Waals surface area contributed by atoms with Gasteiger partial charge in [-0.1, -0.05) is 6.07 Å². The van der Waals surface area contributed by atoms with E-state index in [4.69, 9.17) is 4.74 Å². The first kappa shape index (κ1) is 20.1. The van der Waals surface area contributed by atoms with E-state index >= 15 is 0 Å². The highest BCUT2D eigenvalue weighted by molar-refractivity contribution is 7.09. The number of anilines is 1. The lowest BCUT2D eigenvalue weighted by atomic mass is 10.2. The van der Waals surface area contributed by atoms with Gasteiger partial charge in [-0.2, -0.15) is 13.2 Å². The molecule has 2 aromatic rings. The molecule has 0 radical (unpaired) electrons. The largest absolute Gasteiger partial charge is 0.416 e. The normalized spacial score (nSPS) is 14.6. The first-order valence-electron chi connectivity index (χ1n) is 8.36. The molecule has 1 aromatic carbocycles. The average Bonchev–Trinajstić information content (AvgIpc) is 3.15. The maximum Gasteiger partial charge on any atom is 0.416 e. The topological polar surface area (TPSA) is 83.6 Å². The molecule has 150 valence electrons. The van der Waals surface area contributed by atoms with Gasteiger partial charge in [0.2, 0.25) is 0 Å². The van der Waals surface area contributed by atoms with E-state index in [0.29, 0.717) is 37.0 Å². The van der Waals surface area contributed by atoms with Gasteiger partial charge < -0.3 is 20.3 Å². The number of amides is 3. The zero-order valence-corrected chi connectivity index (χ0v) is 15.4. The Balaban J connectivity index is 1.52. The summed E-state index contributed by atoms with van der Waals surface area (Å²) in [6.07, 6.45) is -4.49. The van der Waals surface area contributed by atoms with Gasteiger partial charge >= 0.3 is 12.2 Å². The molecule has 0 atom stereocenters. The Bertz CT molecular complexity index is 850. The molecule has 1 saturated heterocycles. The second kappa shape index (κ2) is 8.57. The molecule has 0 aliphatic carbocycles. The van der Waals surface area contributed by atoms with E-state index in [1.54, 1.807) is 10.3 Å². The summed E-state index contributed by atoms with van der Waals surface area (Å²) in [5.74, 6) is -0.195. The van der Waals surface area contributed by atoms with Gasteiger partial charge in [-0.3, -0.25) is 4.79 Å².